The second kappa shape index (κ2) is 11.1. The second-order valence-electron chi connectivity index (χ2n) is 9.49. The zero-order valence-corrected chi connectivity index (χ0v) is 21.6. The largest absolute Gasteiger partial charge is 0.447 e. The van der Waals surface area contributed by atoms with Crippen LogP contribution in [-0.2, 0) is 14.3 Å². The Morgan fingerprint density at radius 2 is 1.85 bits per heavy atom. The summed E-state index contributed by atoms with van der Waals surface area (Å²) in [5.41, 5.74) is 0.226. The van der Waals surface area contributed by atoms with Crippen molar-refractivity contribution < 1.29 is 32.3 Å². The van der Waals surface area contributed by atoms with Gasteiger partial charge in [0.2, 0.25) is 17.8 Å². The molecule has 0 spiro atoms. The summed E-state index contributed by atoms with van der Waals surface area (Å²) in [4.78, 5) is 50.5. The van der Waals surface area contributed by atoms with E-state index in [1.54, 1.807) is 18.2 Å². The third-order valence-electron chi connectivity index (χ3n) is 6.64. The number of anilines is 2. The number of rotatable bonds is 8. The van der Waals surface area contributed by atoms with E-state index >= 15 is 0 Å². The van der Waals surface area contributed by atoms with Gasteiger partial charge in [0.15, 0.2) is 0 Å². The SMILES string of the molecule is O=C(NC1CC(F)(F)C1)[C@@H](c1ccccc1Cl)N(C(=O)C[C@H]1COC(=O)N1c1ncccn1)c1cccc(F)c1. The van der Waals surface area contributed by atoms with Gasteiger partial charge < -0.3 is 10.1 Å². The van der Waals surface area contributed by atoms with Gasteiger partial charge in [0.05, 0.1) is 12.5 Å². The van der Waals surface area contributed by atoms with Gasteiger partial charge in [0.1, 0.15) is 18.5 Å². The summed E-state index contributed by atoms with van der Waals surface area (Å²) in [6, 6.07) is 9.75. The summed E-state index contributed by atoms with van der Waals surface area (Å²) in [6.45, 7) is -0.167. The van der Waals surface area contributed by atoms with Crippen molar-refractivity contribution >= 4 is 41.1 Å². The number of ether oxygens (including phenoxy) is 1. The molecule has 13 heteroatoms. The Bertz CT molecular complexity index is 1420. The molecule has 3 aromatic rings. The van der Waals surface area contributed by atoms with Gasteiger partial charge in [-0.3, -0.25) is 14.5 Å². The summed E-state index contributed by atoms with van der Waals surface area (Å²) in [5.74, 6) is -5.01. The van der Waals surface area contributed by atoms with Crippen LogP contribution in [0.15, 0.2) is 67.0 Å². The minimum atomic E-state index is -2.89. The Labute approximate surface area is 231 Å². The Morgan fingerprint density at radius 1 is 1.12 bits per heavy atom. The lowest BCUT2D eigenvalue weighted by Crippen LogP contribution is -2.54. The van der Waals surface area contributed by atoms with Crippen LogP contribution in [0, 0.1) is 5.82 Å². The minimum absolute atomic E-state index is 0.0198. The molecule has 1 aliphatic heterocycles. The normalized spacial score (nSPS) is 18.9. The van der Waals surface area contributed by atoms with Gasteiger partial charge in [-0.25, -0.2) is 32.8 Å². The highest BCUT2D eigenvalue weighted by Crippen LogP contribution is 2.39. The maximum Gasteiger partial charge on any atom is 0.417 e. The van der Waals surface area contributed by atoms with Crippen LogP contribution in [0.5, 0.6) is 0 Å². The number of carbonyl (C=O) groups is 3. The monoisotopic (exact) mass is 573 g/mol. The van der Waals surface area contributed by atoms with Crippen LogP contribution >= 0.6 is 11.6 Å². The number of amides is 3. The summed E-state index contributed by atoms with van der Waals surface area (Å²) < 4.78 is 46.6. The molecule has 1 saturated carbocycles. The maximum atomic E-state index is 14.4. The highest BCUT2D eigenvalue weighted by molar-refractivity contribution is 6.31. The molecule has 5 rings (SSSR count). The number of alkyl halides is 2. The first-order valence-corrected chi connectivity index (χ1v) is 12.7. The topological polar surface area (TPSA) is 105 Å². The van der Waals surface area contributed by atoms with Crippen molar-refractivity contribution in [3.63, 3.8) is 0 Å². The predicted molar refractivity (Wildman–Crippen MR) is 138 cm³/mol. The fourth-order valence-electron chi connectivity index (χ4n) is 4.77. The highest BCUT2D eigenvalue weighted by Gasteiger charge is 2.47. The molecular formula is C27H23ClF3N5O4. The lowest BCUT2D eigenvalue weighted by Gasteiger charge is -2.38. The summed E-state index contributed by atoms with van der Waals surface area (Å²) >= 11 is 6.45. The number of aromatic nitrogens is 2. The number of cyclic esters (lactones) is 1. The first-order chi connectivity index (χ1) is 19.1. The van der Waals surface area contributed by atoms with Gasteiger partial charge in [-0.2, -0.15) is 0 Å². The lowest BCUT2D eigenvalue weighted by molar-refractivity contribution is -0.132. The molecule has 40 heavy (non-hydrogen) atoms. The molecule has 0 unspecified atom stereocenters. The Morgan fingerprint density at radius 3 is 2.52 bits per heavy atom. The molecule has 2 fully saturated rings. The lowest BCUT2D eigenvalue weighted by atomic mass is 9.87. The first-order valence-electron chi connectivity index (χ1n) is 12.4. The number of hydrogen-bond acceptors (Lipinski definition) is 6. The van der Waals surface area contributed by atoms with E-state index in [0.29, 0.717) is 0 Å². The van der Waals surface area contributed by atoms with E-state index in [9.17, 15) is 27.6 Å². The van der Waals surface area contributed by atoms with E-state index in [1.807, 2.05) is 0 Å². The van der Waals surface area contributed by atoms with Crippen molar-refractivity contribution in [2.45, 2.75) is 43.3 Å². The molecule has 1 N–H and O–H groups in total. The van der Waals surface area contributed by atoms with E-state index in [2.05, 4.69) is 15.3 Å². The van der Waals surface area contributed by atoms with Gasteiger partial charge >= 0.3 is 6.09 Å². The fourth-order valence-corrected chi connectivity index (χ4v) is 5.01. The smallest absolute Gasteiger partial charge is 0.417 e. The van der Waals surface area contributed by atoms with Crippen LogP contribution in [0.1, 0.15) is 30.9 Å². The van der Waals surface area contributed by atoms with Crippen LogP contribution in [0.2, 0.25) is 5.02 Å². The van der Waals surface area contributed by atoms with E-state index in [4.69, 9.17) is 16.3 Å². The summed E-state index contributed by atoms with van der Waals surface area (Å²) in [5, 5.41) is 2.71. The van der Waals surface area contributed by atoms with E-state index in [-0.39, 0.29) is 35.2 Å². The molecule has 208 valence electrons. The van der Waals surface area contributed by atoms with Crippen molar-refractivity contribution in [1.82, 2.24) is 15.3 Å². The number of halogens is 4. The molecule has 2 aromatic carbocycles. The first kappa shape index (κ1) is 27.4. The van der Waals surface area contributed by atoms with Crippen LogP contribution in [0.4, 0.5) is 29.6 Å². The maximum absolute atomic E-state index is 14.4. The van der Waals surface area contributed by atoms with E-state index < -0.39 is 60.6 Å². The van der Waals surface area contributed by atoms with Crippen molar-refractivity contribution in [2.75, 3.05) is 16.4 Å². The Kier molecular flexibility index (Phi) is 7.61. The number of hydrogen-bond donors (Lipinski definition) is 1. The number of nitrogens with zero attached hydrogens (tertiary/aromatic N) is 4. The molecule has 3 amide bonds. The molecule has 1 aromatic heterocycles. The van der Waals surface area contributed by atoms with Crippen LogP contribution in [-0.4, -0.2) is 52.5 Å². The molecule has 1 saturated heterocycles. The van der Waals surface area contributed by atoms with E-state index in [0.717, 1.165) is 15.9 Å². The van der Waals surface area contributed by atoms with Crippen molar-refractivity contribution in [3.8, 4) is 0 Å². The standard InChI is InChI=1S/C27H23ClF3N5O4/c28-21-8-2-1-7-20(21)23(24(38)34-17-13-27(30,31)14-17)35(18-6-3-5-16(29)11-18)22(37)12-19-15-40-26(39)36(19)25-32-9-4-10-33-25/h1-11,17,19,23H,12-15H2,(H,34,38)/t19-,23+/m0/s1. The molecule has 2 atom stereocenters. The molecule has 2 heterocycles. The third-order valence-corrected chi connectivity index (χ3v) is 6.98. The Balaban J connectivity index is 1.52. The van der Waals surface area contributed by atoms with Crippen LogP contribution < -0.4 is 15.1 Å². The van der Waals surface area contributed by atoms with Gasteiger partial charge in [0.25, 0.3) is 5.92 Å². The molecule has 2 aliphatic rings. The quantitative estimate of drug-likeness (QED) is 0.420. The molecular weight excluding hydrogens is 551 g/mol. The average Bonchev–Trinajstić information content (AvgIpc) is 3.26. The van der Waals surface area contributed by atoms with Gasteiger partial charge in [0, 0.05) is 47.6 Å². The minimum Gasteiger partial charge on any atom is -0.447 e. The predicted octanol–water partition coefficient (Wildman–Crippen LogP) is 4.67. The summed E-state index contributed by atoms with van der Waals surface area (Å²) in [7, 11) is 0. The third kappa shape index (κ3) is 5.71. The summed E-state index contributed by atoms with van der Waals surface area (Å²) in [6.07, 6.45) is 0.634. The zero-order valence-electron chi connectivity index (χ0n) is 20.8. The molecule has 9 nitrogen and oxygen atoms in total. The number of nitrogens with one attached hydrogen (secondary N) is 1. The van der Waals surface area contributed by atoms with Crippen LogP contribution in [0.25, 0.3) is 0 Å². The van der Waals surface area contributed by atoms with Gasteiger partial charge in [-0.1, -0.05) is 35.9 Å². The van der Waals surface area contributed by atoms with Crippen molar-refractivity contribution in [2.24, 2.45) is 0 Å². The van der Waals surface area contributed by atoms with E-state index in [1.165, 1.54) is 42.7 Å². The van der Waals surface area contributed by atoms with Gasteiger partial charge in [-0.05, 0) is 30.3 Å². The van der Waals surface area contributed by atoms with Gasteiger partial charge in [-0.15, -0.1) is 0 Å². The molecule has 0 radical (unpaired) electrons. The molecule has 0 bridgehead atoms. The number of benzene rings is 2. The average molecular weight is 574 g/mol. The fraction of sp³-hybridized carbons (Fsp3) is 0.296. The number of carbonyl (C=O) groups excluding carboxylic acids is 3. The Hall–Kier alpha value is -4.19. The van der Waals surface area contributed by atoms with Crippen LogP contribution in [0.3, 0.4) is 0 Å². The molecule has 1 aliphatic carbocycles. The van der Waals surface area contributed by atoms with Crippen molar-refractivity contribution in [1.29, 1.82) is 0 Å². The zero-order chi connectivity index (χ0) is 28.4. The second-order valence-corrected chi connectivity index (χ2v) is 9.90. The highest BCUT2D eigenvalue weighted by atomic mass is 35.5. The van der Waals surface area contributed by atoms with Crippen molar-refractivity contribution in [3.05, 3.63) is 83.4 Å².